The first-order valence-electron chi connectivity index (χ1n) is 12.3. The van der Waals surface area contributed by atoms with Crippen LogP contribution in [0.1, 0.15) is 37.1 Å². The smallest absolute Gasteiger partial charge is 0.326 e. The third kappa shape index (κ3) is 6.57. The lowest BCUT2D eigenvalue weighted by atomic mass is 10.0. The van der Waals surface area contributed by atoms with Gasteiger partial charge in [0.2, 0.25) is 5.91 Å². The number of halogens is 9. The van der Waals surface area contributed by atoms with E-state index in [4.69, 9.17) is 34.8 Å². The van der Waals surface area contributed by atoms with E-state index in [1.807, 2.05) is 5.32 Å². The molecule has 3 amide bonds. The zero-order valence-corrected chi connectivity index (χ0v) is 24.9. The second-order valence-corrected chi connectivity index (χ2v) is 12.2. The van der Waals surface area contributed by atoms with Crippen LogP contribution in [0.3, 0.4) is 0 Å². The van der Waals surface area contributed by atoms with Crippen LogP contribution >= 0.6 is 46.3 Å². The third-order valence-corrected chi connectivity index (χ3v) is 8.57. The van der Waals surface area contributed by atoms with Crippen molar-refractivity contribution in [3.8, 4) is 0 Å². The number of carbonyl (C=O) groups is 3. The van der Waals surface area contributed by atoms with Crippen molar-refractivity contribution in [3.05, 3.63) is 98.8 Å². The summed E-state index contributed by atoms with van der Waals surface area (Å²) in [5, 5.41) is 10.0. The summed E-state index contributed by atoms with van der Waals surface area (Å²) in [6.45, 7) is 0. The summed E-state index contributed by atoms with van der Waals surface area (Å²) in [4.78, 5) is 38.3. The number of hydrogen-bond acceptors (Lipinski definition) is 6. The highest BCUT2D eigenvalue weighted by atomic mass is 35.5. The standard InChI is InChI=1S/C27H14Cl3F6N5O3S/c28-14-3-2-11(38-25(44)20-19(26(20,29)30)10-1-4-15(31)13(7-10)27(34,35)36)8-12(14)23(42)39-17-6-5-16(32)22(21(17)33)40-24(43)18-9-37-41-45-18/h1-9,19-20H,(H,38,44)(H,39,42)(H,40,43)/t19-,20+/m0/s1. The number of anilines is 3. The van der Waals surface area contributed by atoms with Gasteiger partial charge in [-0.05, 0) is 59.6 Å². The Kier molecular flexibility index (Phi) is 8.74. The van der Waals surface area contributed by atoms with E-state index in [1.54, 1.807) is 0 Å². The predicted octanol–water partition coefficient (Wildman–Crippen LogP) is 7.66. The molecule has 234 valence electrons. The summed E-state index contributed by atoms with van der Waals surface area (Å²) >= 11 is 19.3. The Bertz CT molecular complexity index is 1840. The average molecular weight is 709 g/mol. The molecule has 18 heteroatoms. The minimum absolute atomic E-state index is 0.0230. The van der Waals surface area contributed by atoms with Crippen molar-refractivity contribution in [1.82, 2.24) is 9.59 Å². The number of carbonyl (C=O) groups excluding carboxylic acids is 3. The molecule has 1 aliphatic rings. The van der Waals surface area contributed by atoms with Gasteiger partial charge in [0.15, 0.2) is 5.82 Å². The molecular weight excluding hydrogens is 695 g/mol. The van der Waals surface area contributed by atoms with Crippen LogP contribution in [0.25, 0.3) is 0 Å². The van der Waals surface area contributed by atoms with Gasteiger partial charge < -0.3 is 16.0 Å². The summed E-state index contributed by atoms with van der Waals surface area (Å²) in [5.41, 5.74) is -3.35. The van der Waals surface area contributed by atoms with Crippen molar-refractivity contribution in [2.24, 2.45) is 5.92 Å². The van der Waals surface area contributed by atoms with Crippen molar-refractivity contribution in [1.29, 1.82) is 0 Å². The quantitative estimate of drug-likeness (QED) is 0.135. The largest absolute Gasteiger partial charge is 0.419 e. The number of rotatable bonds is 7. The molecule has 8 nitrogen and oxygen atoms in total. The Morgan fingerprint density at radius 2 is 1.60 bits per heavy atom. The summed E-state index contributed by atoms with van der Waals surface area (Å²) in [5.74, 6) is -9.07. The third-order valence-electron chi connectivity index (χ3n) is 6.63. The molecule has 0 aliphatic heterocycles. The topological polar surface area (TPSA) is 113 Å². The molecule has 0 bridgehead atoms. The fourth-order valence-electron chi connectivity index (χ4n) is 4.41. The summed E-state index contributed by atoms with van der Waals surface area (Å²) in [7, 11) is 0. The Labute approximate surface area is 267 Å². The van der Waals surface area contributed by atoms with Gasteiger partial charge in [0, 0.05) is 11.6 Å². The van der Waals surface area contributed by atoms with Crippen LogP contribution in [0.15, 0.2) is 54.7 Å². The molecule has 1 saturated carbocycles. The van der Waals surface area contributed by atoms with Crippen LogP contribution in [0.5, 0.6) is 0 Å². The van der Waals surface area contributed by atoms with Gasteiger partial charge in [0.25, 0.3) is 11.8 Å². The van der Waals surface area contributed by atoms with Crippen LogP contribution in [-0.4, -0.2) is 31.6 Å². The van der Waals surface area contributed by atoms with E-state index >= 15 is 4.39 Å². The molecule has 45 heavy (non-hydrogen) atoms. The summed E-state index contributed by atoms with van der Waals surface area (Å²) in [6, 6.07) is 7.48. The maximum Gasteiger partial charge on any atom is 0.419 e. The van der Waals surface area contributed by atoms with Crippen molar-refractivity contribution >= 4 is 81.1 Å². The Hall–Kier alpha value is -3.92. The zero-order valence-electron chi connectivity index (χ0n) is 21.8. The number of nitrogens with zero attached hydrogens (tertiary/aromatic N) is 2. The number of alkyl halides is 5. The molecule has 1 aliphatic carbocycles. The number of hydrogen-bond donors (Lipinski definition) is 3. The van der Waals surface area contributed by atoms with Crippen molar-refractivity contribution < 1.29 is 40.7 Å². The van der Waals surface area contributed by atoms with E-state index in [2.05, 4.69) is 20.2 Å². The van der Waals surface area contributed by atoms with Crippen molar-refractivity contribution in [2.75, 3.05) is 16.0 Å². The minimum atomic E-state index is -5.00. The van der Waals surface area contributed by atoms with E-state index < -0.39 is 74.5 Å². The Morgan fingerprint density at radius 3 is 2.27 bits per heavy atom. The molecule has 2 atom stereocenters. The molecule has 0 spiro atoms. The van der Waals surface area contributed by atoms with Gasteiger partial charge in [-0.2, -0.15) is 13.2 Å². The van der Waals surface area contributed by atoms with E-state index in [0.717, 1.165) is 30.5 Å². The SMILES string of the molecule is O=C(Nc1c(F)ccc(NC(=O)c2cc(NC(=O)[C@H]3[C@H](c4ccc(F)c(C(F)(F)F)c4)C3(Cl)Cl)ccc2Cl)c1F)c1cnns1. The van der Waals surface area contributed by atoms with Gasteiger partial charge in [-0.15, -0.1) is 28.3 Å². The normalized spacial score (nSPS) is 17.0. The van der Waals surface area contributed by atoms with Gasteiger partial charge in [-0.25, -0.2) is 13.2 Å². The number of nitrogens with one attached hydrogen (secondary N) is 3. The van der Waals surface area contributed by atoms with Gasteiger partial charge in [-0.3, -0.25) is 14.4 Å². The van der Waals surface area contributed by atoms with Gasteiger partial charge >= 0.3 is 6.18 Å². The molecule has 0 radical (unpaired) electrons. The highest BCUT2D eigenvalue weighted by Gasteiger charge is 2.67. The first kappa shape index (κ1) is 32.5. The van der Waals surface area contributed by atoms with Crippen LogP contribution in [0.2, 0.25) is 5.02 Å². The number of amides is 3. The highest BCUT2D eigenvalue weighted by molar-refractivity contribution is 7.07. The zero-order chi connectivity index (χ0) is 32.8. The van der Waals surface area contributed by atoms with Gasteiger partial charge in [-0.1, -0.05) is 22.2 Å². The minimum Gasteiger partial charge on any atom is -0.326 e. The average Bonchev–Trinajstić information content (AvgIpc) is 3.27. The van der Waals surface area contributed by atoms with E-state index in [1.165, 1.54) is 12.1 Å². The second-order valence-electron chi connectivity index (χ2n) is 9.52. The van der Waals surface area contributed by atoms with Crippen LogP contribution in [0.4, 0.5) is 43.4 Å². The highest BCUT2D eigenvalue weighted by Crippen LogP contribution is 2.65. The van der Waals surface area contributed by atoms with Gasteiger partial charge in [0.05, 0.1) is 34.0 Å². The van der Waals surface area contributed by atoms with E-state index in [-0.39, 0.29) is 26.7 Å². The molecule has 0 saturated heterocycles. The van der Waals surface area contributed by atoms with Gasteiger partial charge in [0.1, 0.15) is 26.5 Å². The summed E-state index contributed by atoms with van der Waals surface area (Å²) < 4.78 is 84.5. The van der Waals surface area contributed by atoms with Crippen molar-refractivity contribution in [2.45, 2.75) is 16.4 Å². The first-order valence-corrected chi connectivity index (χ1v) is 14.2. The Morgan fingerprint density at radius 1 is 0.889 bits per heavy atom. The summed E-state index contributed by atoms with van der Waals surface area (Å²) in [6.07, 6.45) is -3.91. The van der Waals surface area contributed by atoms with E-state index in [0.29, 0.717) is 23.7 Å². The van der Waals surface area contributed by atoms with E-state index in [9.17, 15) is 36.3 Å². The maximum atomic E-state index is 15.1. The maximum absolute atomic E-state index is 15.1. The first-order chi connectivity index (χ1) is 21.1. The number of aromatic nitrogens is 2. The monoisotopic (exact) mass is 707 g/mol. The lowest BCUT2D eigenvalue weighted by Gasteiger charge is -2.13. The Balaban J connectivity index is 1.32. The predicted molar refractivity (Wildman–Crippen MR) is 154 cm³/mol. The molecule has 1 fully saturated rings. The molecule has 1 heterocycles. The fourth-order valence-corrected chi connectivity index (χ4v) is 5.86. The molecular formula is C27H14Cl3F6N5O3S. The number of benzene rings is 3. The molecule has 0 unspecified atom stereocenters. The van der Waals surface area contributed by atoms with Crippen molar-refractivity contribution in [3.63, 3.8) is 0 Å². The van der Waals surface area contributed by atoms with Crippen LogP contribution in [0, 0.1) is 23.4 Å². The molecule has 3 N–H and O–H groups in total. The lowest BCUT2D eigenvalue weighted by Crippen LogP contribution is -2.19. The second kappa shape index (κ2) is 12.1. The van der Waals surface area contributed by atoms with Crippen LogP contribution < -0.4 is 16.0 Å². The molecule has 4 aromatic rings. The lowest BCUT2D eigenvalue weighted by molar-refractivity contribution is -0.140. The molecule has 3 aromatic carbocycles. The fraction of sp³-hybridized carbons (Fsp3) is 0.148. The molecule has 1 aromatic heterocycles. The molecule has 5 rings (SSSR count). The van der Waals surface area contributed by atoms with Crippen LogP contribution in [-0.2, 0) is 11.0 Å².